The molecule has 0 saturated carbocycles. The summed E-state index contributed by atoms with van der Waals surface area (Å²) in [4.78, 5) is 0. The first-order chi connectivity index (χ1) is 11.3. The van der Waals surface area contributed by atoms with Gasteiger partial charge in [0, 0.05) is 23.8 Å². The van der Waals surface area contributed by atoms with E-state index in [-0.39, 0.29) is 6.10 Å². The Balaban J connectivity index is 1.73. The van der Waals surface area contributed by atoms with Crippen LogP contribution in [0.15, 0.2) is 42.5 Å². The molecule has 2 heterocycles. The van der Waals surface area contributed by atoms with E-state index in [1.165, 1.54) is 28.8 Å². The fourth-order valence-corrected chi connectivity index (χ4v) is 3.93. The van der Waals surface area contributed by atoms with Gasteiger partial charge in [0.25, 0.3) is 0 Å². The zero-order valence-corrected chi connectivity index (χ0v) is 13.7. The standard InChI is InChI=1S/C20H23NO2/c1-13-5-10-18-17(12-13)20-16(4-3-11-23-20)19(21-18)14-6-8-15(22-2)9-7-14/h5-10,12,16,19-21H,3-4,11H2,1-2H3. The van der Waals surface area contributed by atoms with Crippen molar-refractivity contribution >= 4 is 5.69 Å². The molecule has 1 fully saturated rings. The van der Waals surface area contributed by atoms with Crippen molar-refractivity contribution in [2.75, 3.05) is 19.0 Å². The molecule has 1 saturated heterocycles. The van der Waals surface area contributed by atoms with Gasteiger partial charge in [-0.25, -0.2) is 0 Å². The smallest absolute Gasteiger partial charge is 0.118 e. The topological polar surface area (TPSA) is 30.5 Å². The normalized spacial score (nSPS) is 25.9. The first-order valence-electron chi connectivity index (χ1n) is 8.39. The molecule has 0 aromatic heterocycles. The first kappa shape index (κ1) is 14.6. The second kappa shape index (κ2) is 5.89. The summed E-state index contributed by atoms with van der Waals surface area (Å²) in [6.07, 6.45) is 2.53. The zero-order valence-electron chi connectivity index (χ0n) is 13.7. The Kier molecular flexibility index (Phi) is 3.74. The van der Waals surface area contributed by atoms with Crippen molar-refractivity contribution in [1.82, 2.24) is 0 Å². The molecule has 0 radical (unpaired) electrons. The number of hydrogen-bond acceptors (Lipinski definition) is 3. The Morgan fingerprint density at radius 1 is 1.13 bits per heavy atom. The summed E-state index contributed by atoms with van der Waals surface area (Å²) in [5.74, 6) is 1.38. The van der Waals surface area contributed by atoms with E-state index in [0.29, 0.717) is 12.0 Å². The minimum Gasteiger partial charge on any atom is -0.497 e. The van der Waals surface area contributed by atoms with Gasteiger partial charge < -0.3 is 14.8 Å². The molecule has 4 rings (SSSR count). The van der Waals surface area contributed by atoms with Gasteiger partial charge in [-0.3, -0.25) is 0 Å². The van der Waals surface area contributed by atoms with Gasteiger partial charge in [0.15, 0.2) is 0 Å². The number of anilines is 1. The van der Waals surface area contributed by atoms with Crippen LogP contribution >= 0.6 is 0 Å². The molecular formula is C20H23NO2. The number of methoxy groups -OCH3 is 1. The molecular weight excluding hydrogens is 286 g/mol. The van der Waals surface area contributed by atoms with Crippen molar-refractivity contribution < 1.29 is 9.47 Å². The Bertz CT molecular complexity index is 695. The largest absolute Gasteiger partial charge is 0.497 e. The Labute approximate surface area is 137 Å². The quantitative estimate of drug-likeness (QED) is 0.876. The molecule has 0 bridgehead atoms. The molecule has 0 amide bonds. The highest BCUT2D eigenvalue weighted by molar-refractivity contribution is 5.58. The molecule has 23 heavy (non-hydrogen) atoms. The van der Waals surface area contributed by atoms with Crippen molar-refractivity contribution in [3.8, 4) is 5.75 Å². The van der Waals surface area contributed by atoms with E-state index < -0.39 is 0 Å². The van der Waals surface area contributed by atoms with E-state index in [1.54, 1.807) is 7.11 Å². The minimum atomic E-state index is 0.201. The third kappa shape index (κ3) is 2.59. The molecule has 2 aliphatic heterocycles. The number of benzene rings is 2. The molecule has 2 aromatic carbocycles. The van der Waals surface area contributed by atoms with Crippen LogP contribution in [0.2, 0.25) is 0 Å². The number of nitrogens with one attached hydrogen (secondary N) is 1. The lowest BCUT2D eigenvalue weighted by Gasteiger charge is -2.43. The molecule has 3 heteroatoms. The fraction of sp³-hybridized carbons (Fsp3) is 0.400. The van der Waals surface area contributed by atoms with Crippen LogP contribution in [-0.2, 0) is 4.74 Å². The monoisotopic (exact) mass is 309 g/mol. The average molecular weight is 309 g/mol. The Morgan fingerprint density at radius 3 is 2.74 bits per heavy atom. The van der Waals surface area contributed by atoms with Crippen LogP contribution in [0.3, 0.4) is 0 Å². The Morgan fingerprint density at radius 2 is 1.96 bits per heavy atom. The summed E-state index contributed by atoms with van der Waals surface area (Å²) in [7, 11) is 1.71. The van der Waals surface area contributed by atoms with Gasteiger partial charge in [-0.2, -0.15) is 0 Å². The van der Waals surface area contributed by atoms with Crippen LogP contribution in [0.5, 0.6) is 5.75 Å². The van der Waals surface area contributed by atoms with Crippen LogP contribution in [-0.4, -0.2) is 13.7 Å². The average Bonchev–Trinajstić information content (AvgIpc) is 2.61. The molecule has 2 aromatic rings. The highest BCUT2D eigenvalue weighted by Crippen LogP contribution is 2.49. The highest BCUT2D eigenvalue weighted by atomic mass is 16.5. The van der Waals surface area contributed by atoms with E-state index in [1.807, 2.05) is 12.1 Å². The highest BCUT2D eigenvalue weighted by Gasteiger charge is 2.39. The summed E-state index contributed by atoms with van der Waals surface area (Å²) in [5.41, 5.74) is 5.12. The Hall–Kier alpha value is -2.00. The van der Waals surface area contributed by atoms with Crippen LogP contribution in [0, 0.1) is 12.8 Å². The van der Waals surface area contributed by atoms with Crippen LogP contribution in [0.4, 0.5) is 5.69 Å². The van der Waals surface area contributed by atoms with Crippen LogP contribution < -0.4 is 10.1 Å². The number of ether oxygens (including phenoxy) is 2. The van der Waals surface area contributed by atoms with Gasteiger partial charge in [0.2, 0.25) is 0 Å². The maximum absolute atomic E-state index is 6.20. The molecule has 0 aliphatic carbocycles. The van der Waals surface area contributed by atoms with Gasteiger partial charge in [0.05, 0.1) is 19.3 Å². The van der Waals surface area contributed by atoms with Gasteiger partial charge in [-0.15, -0.1) is 0 Å². The third-order valence-corrected chi connectivity index (χ3v) is 5.10. The molecule has 3 nitrogen and oxygen atoms in total. The summed E-state index contributed by atoms with van der Waals surface area (Å²) >= 11 is 0. The number of rotatable bonds is 2. The van der Waals surface area contributed by atoms with Crippen molar-refractivity contribution in [3.05, 3.63) is 59.2 Å². The van der Waals surface area contributed by atoms with Crippen LogP contribution in [0.25, 0.3) is 0 Å². The van der Waals surface area contributed by atoms with E-state index in [9.17, 15) is 0 Å². The number of aryl methyl sites for hydroxylation is 1. The fourth-order valence-electron chi connectivity index (χ4n) is 3.93. The molecule has 120 valence electrons. The SMILES string of the molecule is COc1ccc(C2Nc3ccc(C)cc3C3OCCCC23)cc1. The van der Waals surface area contributed by atoms with Crippen LogP contribution in [0.1, 0.15) is 41.7 Å². The maximum atomic E-state index is 6.20. The second-order valence-corrected chi connectivity index (χ2v) is 6.58. The van der Waals surface area contributed by atoms with Gasteiger partial charge in [0.1, 0.15) is 5.75 Å². The molecule has 0 spiro atoms. The number of fused-ring (bicyclic) bond motifs is 3. The van der Waals surface area contributed by atoms with Gasteiger partial charge >= 0.3 is 0 Å². The van der Waals surface area contributed by atoms with E-state index in [4.69, 9.17) is 9.47 Å². The lowest BCUT2D eigenvalue weighted by molar-refractivity contribution is -0.0381. The third-order valence-electron chi connectivity index (χ3n) is 5.10. The molecule has 1 N–H and O–H groups in total. The number of hydrogen-bond donors (Lipinski definition) is 1. The molecule has 2 aliphatic rings. The lowest BCUT2D eigenvalue weighted by atomic mass is 9.77. The second-order valence-electron chi connectivity index (χ2n) is 6.58. The van der Waals surface area contributed by atoms with E-state index in [0.717, 1.165) is 18.8 Å². The van der Waals surface area contributed by atoms with Crippen molar-refractivity contribution in [1.29, 1.82) is 0 Å². The summed E-state index contributed by atoms with van der Waals surface area (Å²) in [5, 5.41) is 3.76. The molecule has 3 atom stereocenters. The zero-order chi connectivity index (χ0) is 15.8. The van der Waals surface area contributed by atoms with Gasteiger partial charge in [-0.1, -0.05) is 29.8 Å². The van der Waals surface area contributed by atoms with Gasteiger partial charge in [-0.05, 0) is 43.5 Å². The summed E-state index contributed by atoms with van der Waals surface area (Å²) in [6.45, 7) is 3.01. The van der Waals surface area contributed by atoms with Crippen molar-refractivity contribution in [3.63, 3.8) is 0 Å². The van der Waals surface area contributed by atoms with Crippen molar-refractivity contribution in [2.45, 2.75) is 31.9 Å². The predicted molar refractivity (Wildman–Crippen MR) is 92.0 cm³/mol. The first-order valence-corrected chi connectivity index (χ1v) is 8.39. The van der Waals surface area contributed by atoms with Crippen molar-refractivity contribution in [2.24, 2.45) is 5.92 Å². The maximum Gasteiger partial charge on any atom is 0.118 e. The van der Waals surface area contributed by atoms with E-state index in [2.05, 4.69) is 42.6 Å². The lowest BCUT2D eigenvalue weighted by Crippen LogP contribution is -2.36. The predicted octanol–water partition coefficient (Wildman–Crippen LogP) is 4.64. The summed E-state index contributed by atoms with van der Waals surface area (Å²) < 4.78 is 11.5. The van der Waals surface area contributed by atoms with E-state index >= 15 is 0 Å². The minimum absolute atomic E-state index is 0.201. The summed E-state index contributed by atoms with van der Waals surface area (Å²) in [6, 6.07) is 15.3. The molecule has 3 unspecified atom stereocenters.